The number of imidazole rings is 1. The van der Waals surface area contributed by atoms with Gasteiger partial charge in [-0.05, 0) is 33.6 Å². The van der Waals surface area contributed by atoms with Crippen molar-refractivity contribution >= 4 is 11.9 Å². The lowest BCUT2D eigenvalue weighted by molar-refractivity contribution is 0.0276. The Morgan fingerprint density at radius 1 is 1.39 bits per heavy atom. The summed E-state index contributed by atoms with van der Waals surface area (Å²) in [7, 11) is 0. The van der Waals surface area contributed by atoms with Crippen molar-refractivity contribution in [3.05, 3.63) is 18.7 Å². The number of aryl methyl sites for hydroxylation is 1. The number of amidine groups is 1. The van der Waals surface area contributed by atoms with Crippen molar-refractivity contribution in [3.63, 3.8) is 0 Å². The molecule has 1 aliphatic heterocycles. The third-order valence-corrected chi connectivity index (χ3v) is 3.40. The van der Waals surface area contributed by atoms with E-state index in [9.17, 15) is 4.79 Å². The van der Waals surface area contributed by atoms with Crippen LogP contribution in [0.2, 0.25) is 0 Å². The molecule has 1 N–H and O–H groups in total. The van der Waals surface area contributed by atoms with Crippen LogP contribution in [0.15, 0.2) is 23.7 Å². The molecular weight excluding hydrogens is 294 g/mol. The Labute approximate surface area is 137 Å². The maximum atomic E-state index is 12.1. The molecule has 1 aromatic heterocycles. The largest absolute Gasteiger partial charge is 0.444 e. The molecule has 0 spiro atoms. The third kappa shape index (κ3) is 6.30. The van der Waals surface area contributed by atoms with Crippen LogP contribution >= 0.6 is 0 Å². The molecular formula is C16H27N5O2. The highest BCUT2D eigenvalue weighted by molar-refractivity contribution is 5.87. The monoisotopic (exact) mass is 321 g/mol. The molecule has 1 aliphatic rings. The Bertz CT molecular complexity index is 519. The van der Waals surface area contributed by atoms with E-state index in [4.69, 9.17) is 4.74 Å². The van der Waals surface area contributed by atoms with Gasteiger partial charge in [0.1, 0.15) is 11.4 Å². The van der Waals surface area contributed by atoms with E-state index in [0.717, 1.165) is 31.8 Å². The quantitative estimate of drug-likeness (QED) is 0.841. The molecule has 128 valence electrons. The second kappa shape index (κ2) is 7.99. The second-order valence-corrected chi connectivity index (χ2v) is 6.66. The number of aliphatic imine (C=N–C) groups is 1. The van der Waals surface area contributed by atoms with Crippen molar-refractivity contribution in [1.82, 2.24) is 19.8 Å². The summed E-state index contributed by atoms with van der Waals surface area (Å²) in [6.07, 6.45) is 7.44. The molecule has 2 rings (SSSR count). The van der Waals surface area contributed by atoms with Crippen molar-refractivity contribution in [2.75, 3.05) is 26.2 Å². The number of nitrogens with one attached hydrogen (secondary N) is 1. The minimum Gasteiger partial charge on any atom is -0.444 e. The average Bonchev–Trinajstić information content (AvgIpc) is 2.99. The van der Waals surface area contributed by atoms with Crippen LogP contribution in [0.25, 0.3) is 0 Å². The van der Waals surface area contributed by atoms with Crippen molar-refractivity contribution < 1.29 is 9.53 Å². The first-order valence-corrected chi connectivity index (χ1v) is 8.15. The molecule has 1 amide bonds. The maximum absolute atomic E-state index is 12.1. The number of aromatic nitrogens is 2. The number of carbonyl (C=O) groups excluding carboxylic acids is 1. The summed E-state index contributed by atoms with van der Waals surface area (Å²) in [5, 5.41) is 3.33. The van der Waals surface area contributed by atoms with Gasteiger partial charge in [0, 0.05) is 32.0 Å². The first kappa shape index (κ1) is 17.3. The summed E-state index contributed by atoms with van der Waals surface area (Å²) in [6.45, 7) is 9.19. The first-order chi connectivity index (χ1) is 10.9. The number of unbranched alkanes of at least 4 members (excludes halogenated alkanes) is 1. The summed E-state index contributed by atoms with van der Waals surface area (Å²) in [4.78, 5) is 22.3. The fraction of sp³-hybridized carbons (Fsp3) is 0.688. The number of ether oxygens (including phenoxy) is 1. The van der Waals surface area contributed by atoms with Gasteiger partial charge in [0.2, 0.25) is 0 Å². The summed E-state index contributed by atoms with van der Waals surface area (Å²) < 4.78 is 7.48. The summed E-state index contributed by atoms with van der Waals surface area (Å²) in [5.41, 5.74) is -0.466. The van der Waals surface area contributed by atoms with Gasteiger partial charge in [0.25, 0.3) is 0 Å². The molecule has 1 aromatic rings. The van der Waals surface area contributed by atoms with Gasteiger partial charge in [-0.15, -0.1) is 0 Å². The van der Waals surface area contributed by atoms with Crippen LogP contribution in [0, 0.1) is 0 Å². The van der Waals surface area contributed by atoms with Gasteiger partial charge in [-0.3, -0.25) is 9.89 Å². The minimum absolute atomic E-state index is 0.271. The Morgan fingerprint density at radius 2 is 2.22 bits per heavy atom. The van der Waals surface area contributed by atoms with Crippen LogP contribution in [0.1, 0.15) is 33.6 Å². The molecule has 0 atom stereocenters. The Kier molecular flexibility index (Phi) is 6.01. The number of nitrogens with zero attached hydrogens (tertiary/aromatic N) is 4. The van der Waals surface area contributed by atoms with E-state index < -0.39 is 5.60 Å². The predicted octanol–water partition coefficient (Wildman–Crippen LogP) is 1.90. The zero-order valence-corrected chi connectivity index (χ0v) is 14.3. The molecule has 0 bridgehead atoms. The zero-order valence-electron chi connectivity index (χ0n) is 14.3. The highest BCUT2D eigenvalue weighted by Crippen LogP contribution is 2.11. The van der Waals surface area contributed by atoms with Gasteiger partial charge < -0.3 is 14.6 Å². The first-order valence-electron chi connectivity index (χ1n) is 8.15. The lowest BCUT2D eigenvalue weighted by Gasteiger charge is -2.29. The fourth-order valence-corrected chi connectivity index (χ4v) is 2.28. The molecule has 7 heteroatoms. The average molecular weight is 321 g/mol. The van der Waals surface area contributed by atoms with Crippen molar-refractivity contribution in [2.45, 2.75) is 45.8 Å². The lowest BCUT2D eigenvalue weighted by atomic mass is 10.2. The van der Waals surface area contributed by atoms with E-state index in [1.807, 2.05) is 33.3 Å². The Morgan fingerprint density at radius 3 is 2.91 bits per heavy atom. The number of hydrogen-bond acceptors (Lipinski definition) is 5. The van der Waals surface area contributed by atoms with E-state index in [0.29, 0.717) is 19.6 Å². The van der Waals surface area contributed by atoms with Gasteiger partial charge in [0.05, 0.1) is 19.4 Å². The molecule has 0 aliphatic carbocycles. The normalized spacial score (nSPS) is 15.3. The van der Waals surface area contributed by atoms with Crippen LogP contribution in [0.4, 0.5) is 4.79 Å². The smallest absolute Gasteiger partial charge is 0.410 e. The van der Waals surface area contributed by atoms with Crippen LogP contribution < -0.4 is 5.32 Å². The Balaban J connectivity index is 1.65. The predicted molar refractivity (Wildman–Crippen MR) is 89.6 cm³/mol. The molecule has 0 unspecified atom stereocenters. The maximum Gasteiger partial charge on any atom is 0.410 e. The van der Waals surface area contributed by atoms with Crippen LogP contribution in [0.5, 0.6) is 0 Å². The van der Waals surface area contributed by atoms with Gasteiger partial charge in [0.15, 0.2) is 0 Å². The number of carbonyl (C=O) groups is 1. The van der Waals surface area contributed by atoms with Gasteiger partial charge in [-0.25, -0.2) is 9.78 Å². The Hall–Kier alpha value is -2.05. The molecule has 2 heterocycles. The van der Waals surface area contributed by atoms with Crippen molar-refractivity contribution in [3.8, 4) is 0 Å². The third-order valence-electron chi connectivity index (χ3n) is 3.40. The highest BCUT2D eigenvalue weighted by Gasteiger charge is 2.24. The SMILES string of the molecule is CC(C)(C)OC(=O)N1CCN=C(NCCCCn2ccnc2)C1. The minimum atomic E-state index is -0.466. The molecule has 0 radical (unpaired) electrons. The van der Waals surface area contributed by atoms with E-state index in [1.54, 1.807) is 11.1 Å². The van der Waals surface area contributed by atoms with Crippen LogP contribution in [-0.2, 0) is 11.3 Å². The molecule has 7 nitrogen and oxygen atoms in total. The summed E-state index contributed by atoms with van der Waals surface area (Å²) in [6, 6.07) is 0. The standard InChI is InChI=1S/C16H27N5O2/c1-16(2,3)23-15(22)21-11-8-19-14(12-21)18-6-4-5-9-20-10-7-17-13-20/h7,10,13H,4-6,8-9,11-12H2,1-3H3,(H,18,19). The second-order valence-electron chi connectivity index (χ2n) is 6.66. The van der Waals surface area contributed by atoms with Crippen LogP contribution in [-0.4, -0.2) is 58.2 Å². The molecule has 0 saturated heterocycles. The van der Waals surface area contributed by atoms with Gasteiger partial charge in [-0.1, -0.05) is 0 Å². The molecule has 23 heavy (non-hydrogen) atoms. The molecule has 0 fully saturated rings. The van der Waals surface area contributed by atoms with Crippen molar-refractivity contribution in [2.24, 2.45) is 4.99 Å². The van der Waals surface area contributed by atoms with E-state index in [1.165, 1.54) is 0 Å². The highest BCUT2D eigenvalue weighted by atomic mass is 16.6. The van der Waals surface area contributed by atoms with Gasteiger partial charge >= 0.3 is 6.09 Å². The number of rotatable bonds is 5. The number of hydrogen-bond donors (Lipinski definition) is 1. The zero-order chi connectivity index (χ0) is 16.7. The lowest BCUT2D eigenvalue weighted by Crippen LogP contribution is -2.47. The molecule has 0 saturated carbocycles. The summed E-state index contributed by atoms with van der Waals surface area (Å²) >= 11 is 0. The fourth-order valence-electron chi connectivity index (χ4n) is 2.28. The summed E-state index contributed by atoms with van der Waals surface area (Å²) in [5.74, 6) is 0.866. The van der Waals surface area contributed by atoms with E-state index >= 15 is 0 Å². The van der Waals surface area contributed by atoms with Crippen LogP contribution in [0.3, 0.4) is 0 Å². The van der Waals surface area contributed by atoms with E-state index in [2.05, 4.69) is 19.9 Å². The topological polar surface area (TPSA) is 71.8 Å². The van der Waals surface area contributed by atoms with E-state index in [-0.39, 0.29) is 6.09 Å². The van der Waals surface area contributed by atoms with Gasteiger partial charge in [-0.2, -0.15) is 0 Å². The number of amides is 1. The molecule has 0 aromatic carbocycles. The van der Waals surface area contributed by atoms with Crippen molar-refractivity contribution in [1.29, 1.82) is 0 Å².